The zero-order valence-electron chi connectivity index (χ0n) is 16.0. The van der Waals surface area contributed by atoms with Gasteiger partial charge in [-0.15, -0.1) is 0 Å². The number of hydrogen-bond donors (Lipinski definition) is 1. The average Bonchev–Trinajstić information content (AvgIpc) is 2.68. The van der Waals surface area contributed by atoms with Gasteiger partial charge in [0.25, 0.3) is 0 Å². The second kappa shape index (κ2) is 8.81. The summed E-state index contributed by atoms with van der Waals surface area (Å²) in [5.41, 5.74) is 3.69. The van der Waals surface area contributed by atoms with E-state index in [1.54, 1.807) is 18.2 Å². The smallest absolute Gasteiger partial charge is 0.241 e. The molecule has 5 nitrogen and oxygen atoms in total. The van der Waals surface area contributed by atoms with E-state index in [1.165, 1.54) is 11.1 Å². The number of piperazine rings is 1. The number of nitriles is 1. The standard InChI is InChI=1S/C22H26N4O/c1-17-6-5-7-19(14-17)16-25-10-12-26(13-11-25)18(2)22(27)24-21-9-4-3-8-20(21)15-23/h3-9,14,18H,10-13,16H2,1-2H3,(H,24,27)/t18-/m0/s1. The predicted octanol–water partition coefficient (Wildman–Crippen LogP) is 3.01. The highest BCUT2D eigenvalue weighted by Crippen LogP contribution is 2.16. The summed E-state index contributed by atoms with van der Waals surface area (Å²) in [6.45, 7) is 8.61. The molecule has 0 bridgehead atoms. The lowest BCUT2D eigenvalue weighted by Gasteiger charge is -2.37. The van der Waals surface area contributed by atoms with E-state index in [1.807, 2.05) is 13.0 Å². The Kier molecular flexibility index (Phi) is 6.23. The maximum atomic E-state index is 12.6. The summed E-state index contributed by atoms with van der Waals surface area (Å²) >= 11 is 0. The third kappa shape index (κ3) is 4.94. The van der Waals surface area contributed by atoms with Crippen molar-refractivity contribution in [2.75, 3.05) is 31.5 Å². The van der Waals surface area contributed by atoms with Crippen molar-refractivity contribution >= 4 is 11.6 Å². The number of nitrogens with one attached hydrogen (secondary N) is 1. The molecule has 3 rings (SSSR count). The van der Waals surface area contributed by atoms with Crippen molar-refractivity contribution in [1.82, 2.24) is 9.80 Å². The van der Waals surface area contributed by atoms with Crippen LogP contribution >= 0.6 is 0 Å². The molecule has 0 radical (unpaired) electrons. The summed E-state index contributed by atoms with van der Waals surface area (Å²) in [6, 6.07) is 17.6. The van der Waals surface area contributed by atoms with Crippen LogP contribution in [0.5, 0.6) is 0 Å². The predicted molar refractivity (Wildman–Crippen MR) is 107 cm³/mol. The number of anilines is 1. The molecule has 5 heteroatoms. The first-order valence-electron chi connectivity index (χ1n) is 9.39. The third-order valence-corrected chi connectivity index (χ3v) is 5.13. The Bertz CT molecular complexity index is 834. The van der Waals surface area contributed by atoms with Crippen LogP contribution in [0.25, 0.3) is 0 Å². The Morgan fingerprint density at radius 3 is 2.59 bits per heavy atom. The largest absolute Gasteiger partial charge is 0.324 e. The summed E-state index contributed by atoms with van der Waals surface area (Å²) < 4.78 is 0. The minimum absolute atomic E-state index is 0.0650. The fraction of sp³-hybridized carbons (Fsp3) is 0.364. The van der Waals surface area contributed by atoms with Crippen molar-refractivity contribution in [2.45, 2.75) is 26.4 Å². The molecule has 1 fully saturated rings. The van der Waals surface area contributed by atoms with Gasteiger partial charge in [-0.3, -0.25) is 14.6 Å². The highest BCUT2D eigenvalue weighted by atomic mass is 16.2. The quantitative estimate of drug-likeness (QED) is 0.888. The molecule has 27 heavy (non-hydrogen) atoms. The van der Waals surface area contributed by atoms with Crippen molar-refractivity contribution in [2.24, 2.45) is 0 Å². The Morgan fingerprint density at radius 2 is 1.89 bits per heavy atom. The number of carbonyl (C=O) groups excluding carboxylic acids is 1. The van der Waals surface area contributed by atoms with Crippen LogP contribution < -0.4 is 5.32 Å². The van der Waals surface area contributed by atoms with E-state index in [0.29, 0.717) is 11.3 Å². The molecule has 1 saturated heterocycles. The molecule has 0 spiro atoms. The summed E-state index contributed by atoms with van der Waals surface area (Å²) in [5, 5.41) is 12.1. The molecule has 1 heterocycles. The molecule has 0 saturated carbocycles. The molecule has 0 aromatic heterocycles. The summed E-state index contributed by atoms with van der Waals surface area (Å²) in [4.78, 5) is 17.3. The van der Waals surface area contributed by atoms with Gasteiger partial charge in [-0.25, -0.2) is 0 Å². The van der Waals surface area contributed by atoms with Gasteiger partial charge in [0.2, 0.25) is 5.91 Å². The minimum Gasteiger partial charge on any atom is -0.324 e. The molecular formula is C22H26N4O. The van der Waals surface area contributed by atoms with Crippen LogP contribution in [-0.4, -0.2) is 47.9 Å². The summed E-state index contributed by atoms with van der Waals surface area (Å²) in [7, 11) is 0. The van der Waals surface area contributed by atoms with Crippen LogP contribution in [0, 0.1) is 18.3 Å². The highest BCUT2D eigenvalue weighted by molar-refractivity contribution is 5.95. The Labute approximate surface area is 161 Å². The number of carbonyl (C=O) groups is 1. The fourth-order valence-corrected chi connectivity index (χ4v) is 3.47. The van der Waals surface area contributed by atoms with Crippen molar-refractivity contribution in [1.29, 1.82) is 5.26 Å². The molecule has 1 amide bonds. The molecule has 2 aromatic carbocycles. The second-order valence-corrected chi connectivity index (χ2v) is 7.12. The van der Waals surface area contributed by atoms with Gasteiger partial charge in [-0.05, 0) is 31.5 Å². The van der Waals surface area contributed by atoms with E-state index in [-0.39, 0.29) is 11.9 Å². The molecule has 1 atom stereocenters. The molecule has 0 unspecified atom stereocenters. The fourth-order valence-electron chi connectivity index (χ4n) is 3.47. The number of benzene rings is 2. The van der Waals surface area contributed by atoms with Crippen LogP contribution in [0.3, 0.4) is 0 Å². The lowest BCUT2D eigenvalue weighted by atomic mass is 10.1. The first-order chi connectivity index (χ1) is 13.1. The van der Waals surface area contributed by atoms with Gasteiger partial charge >= 0.3 is 0 Å². The normalized spacial score (nSPS) is 16.5. The minimum atomic E-state index is -0.224. The van der Waals surface area contributed by atoms with Crippen molar-refractivity contribution in [3.63, 3.8) is 0 Å². The monoisotopic (exact) mass is 362 g/mol. The number of hydrogen-bond acceptors (Lipinski definition) is 4. The van der Waals surface area contributed by atoms with Crippen LogP contribution in [-0.2, 0) is 11.3 Å². The molecule has 2 aromatic rings. The first-order valence-corrected chi connectivity index (χ1v) is 9.39. The maximum absolute atomic E-state index is 12.6. The second-order valence-electron chi connectivity index (χ2n) is 7.12. The van der Waals surface area contributed by atoms with Crippen molar-refractivity contribution in [3.8, 4) is 6.07 Å². The highest BCUT2D eigenvalue weighted by Gasteiger charge is 2.26. The molecular weight excluding hydrogens is 336 g/mol. The Balaban J connectivity index is 1.52. The SMILES string of the molecule is Cc1cccc(CN2CCN([C@@H](C)C(=O)Nc3ccccc3C#N)CC2)c1. The van der Waals surface area contributed by atoms with Crippen LogP contribution in [0.2, 0.25) is 0 Å². The zero-order chi connectivity index (χ0) is 19.2. The molecule has 1 N–H and O–H groups in total. The van der Waals surface area contributed by atoms with Gasteiger partial charge in [0.1, 0.15) is 6.07 Å². The van der Waals surface area contributed by atoms with E-state index >= 15 is 0 Å². The molecule has 1 aliphatic heterocycles. The maximum Gasteiger partial charge on any atom is 0.241 e. The number of para-hydroxylation sites is 1. The van der Waals surface area contributed by atoms with Gasteiger partial charge in [0.15, 0.2) is 0 Å². The van der Waals surface area contributed by atoms with E-state index in [2.05, 4.69) is 52.4 Å². The lowest BCUT2D eigenvalue weighted by Crippen LogP contribution is -2.52. The summed E-state index contributed by atoms with van der Waals surface area (Å²) in [6.07, 6.45) is 0. The number of amides is 1. The van der Waals surface area contributed by atoms with E-state index in [0.717, 1.165) is 32.7 Å². The zero-order valence-corrected chi connectivity index (χ0v) is 16.0. The first kappa shape index (κ1) is 19.1. The van der Waals surface area contributed by atoms with E-state index in [9.17, 15) is 4.79 Å². The van der Waals surface area contributed by atoms with Crippen molar-refractivity contribution < 1.29 is 4.79 Å². The third-order valence-electron chi connectivity index (χ3n) is 5.13. The Hall–Kier alpha value is -2.68. The van der Waals surface area contributed by atoms with E-state index in [4.69, 9.17) is 5.26 Å². The Morgan fingerprint density at radius 1 is 1.15 bits per heavy atom. The van der Waals surface area contributed by atoms with Crippen LogP contribution in [0.15, 0.2) is 48.5 Å². The number of nitrogens with zero attached hydrogens (tertiary/aromatic N) is 3. The topological polar surface area (TPSA) is 59.4 Å². The van der Waals surface area contributed by atoms with E-state index < -0.39 is 0 Å². The van der Waals surface area contributed by atoms with Crippen molar-refractivity contribution in [3.05, 3.63) is 65.2 Å². The van der Waals surface area contributed by atoms with Gasteiger partial charge in [-0.1, -0.05) is 42.0 Å². The van der Waals surface area contributed by atoms with Crippen LogP contribution in [0.4, 0.5) is 5.69 Å². The van der Waals surface area contributed by atoms with Crippen LogP contribution in [0.1, 0.15) is 23.6 Å². The number of rotatable bonds is 5. The molecule has 140 valence electrons. The van der Waals surface area contributed by atoms with Gasteiger partial charge in [0, 0.05) is 32.7 Å². The van der Waals surface area contributed by atoms with Gasteiger partial charge in [0.05, 0.1) is 17.3 Å². The average molecular weight is 362 g/mol. The van der Waals surface area contributed by atoms with Gasteiger partial charge in [-0.2, -0.15) is 5.26 Å². The molecule has 1 aliphatic rings. The van der Waals surface area contributed by atoms with Gasteiger partial charge < -0.3 is 5.32 Å². The summed E-state index contributed by atoms with van der Waals surface area (Å²) in [5.74, 6) is -0.0650. The lowest BCUT2D eigenvalue weighted by molar-refractivity contribution is -0.121. The number of aryl methyl sites for hydroxylation is 1. The molecule has 0 aliphatic carbocycles.